The number of benzene rings is 1. The topological polar surface area (TPSA) is 44.4 Å². The third kappa shape index (κ3) is 5.96. The van der Waals surface area contributed by atoms with Gasteiger partial charge in [0.2, 0.25) is 5.91 Å². The summed E-state index contributed by atoms with van der Waals surface area (Å²) in [4.78, 5) is 14.5. The fourth-order valence-electron chi connectivity index (χ4n) is 3.26. The van der Waals surface area contributed by atoms with Crippen molar-refractivity contribution in [2.45, 2.75) is 44.8 Å². The Hall–Kier alpha value is -0.810. The van der Waals surface area contributed by atoms with Crippen molar-refractivity contribution < 1.29 is 4.79 Å². The highest BCUT2D eigenvalue weighted by atomic mass is 35.5. The van der Waals surface area contributed by atoms with E-state index in [0.29, 0.717) is 6.54 Å². The Kier molecular flexibility index (Phi) is 8.92. The lowest BCUT2D eigenvalue weighted by Gasteiger charge is -2.15. The number of nitrogens with one attached hydrogen (secondary N) is 2. The Morgan fingerprint density at radius 3 is 2.61 bits per heavy atom. The van der Waals surface area contributed by atoms with E-state index in [1.807, 2.05) is 0 Å². The molecule has 2 fully saturated rings. The van der Waals surface area contributed by atoms with E-state index in [1.54, 1.807) is 0 Å². The molecule has 23 heavy (non-hydrogen) atoms. The zero-order valence-corrected chi connectivity index (χ0v) is 15.1. The molecule has 0 radical (unpaired) electrons. The van der Waals surface area contributed by atoms with E-state index in [0.717, 1.165) is 25.9 Å². The standard InChI is InChI=1S/C17H25N3O.2ClH/c21-17(16-7-4-8-18-16)19-12-14-5-3-6-15(11-14)13-20-9-1-2-10-20;;/h3,5-6,11,16,18H,1-2,4,7-10,12-13H2,(H,19,21);2*1H/t16-;;/m0../s1. The summed E-state index contributed by atoms with van der Waals surface area (Å²) in [6.45, 7) is 5.06. The molecule has 0 bridgehead atoms. The summed E-state index contributed by atoms with van der Waals surface area (Å²) in [5.74, 6) is 0.137. The molecule has 2 heterocycles. The quantitative estimate of drug-likeness (QED) is 0.848. The van der Waals surface area contributed by atoms with Crippen molar-refractivity contribution in [2.24, 2.45) is 0 Å². The van der Waals surface area contributed by atoms with Crippen molar-refractivity contribution in [3.05, 3.63) is 35.4 Å². The van der Waals surface area contributed by atoms with Crippen LogP contribution in [-0.4, -0.2) is 36.5 Å². The molecule has 4 nitrogen and oxygen atoms in total. The Labute approximate surface area is 151 Å². The fraction of sp³-hybridized carbons (Fsp3) is 0.588. The van der Waals surface area contributed by atoms with E-state index >= 15 is 0 Å². The Morgan fingerprint density at radius 1 is 1.17 bits per heavy atom. The highest BCUT2D eigenvalue weighted by Crippen LogP contribution is 2.14. The molecule has 1 aromatic carbocycles. The van der Waals surface area contributed by atoms with E-state index < -0.39 is 0 Å². The van der Waals surface area contributed by atoms with E-state index in [1.165, 1.54) is 37.1 Å². The fourth-order valence-corrected chi connectivity index (χ4v) is 3.26. The van der Waals surface area contributed by atoms with Gasteiger partial charge in [0, 0.05) is 13.1 Å². The lowest BCUT2D eigenvalue weighted by molar-refractivity contribution is -0.122. The van der Waals surface area contributed by atoms with Gasteiger partial charge in [-0.05, 0) is 56.4 Å². The normalized spacial score (nSPS) is 20.6. The lowest BCUT2D eigenvalue weighted by Crippen LogP contribution is -2.40. The third-order valence-electron chi connectivity index (χ3n) is 4.44. The second kappa shape index (κ2) is 10.1. The third-order valence-corrected chi connectivity index (χ3v) is 4.44. The number of hydrogen-bond acceptors (Lipinski definition) is 3. The van der Waals surface area contributed by atoms with Gasteiger partial charge in [-0.3, -0.25) is 9.69 Å². The van der Waals surface area contributed by atoms with Crippen molar-refractivity contribution in [2.75, 3.05) is 19.6 Å². The molecule has 2 aliphatic rings. The van der Waals surface area contributed by atoms with Crippen molar-refractivity contribution >= 4 is 30.7 Å². The molecule has 0 unspecified atom stereocenters. The molecule has 0 aliphatic carbocycles. The number of rotatable bonds is 5. The summed E-state index contributed by atoms with van der Waals surface area (Å²) in [7, 11) is 0. The van der Waals surface area contributed by atoms with Gasteiger partial charge in [0.25, 0.3) is 0 Å². The van der Waals surface area contributed by atoms with Crippen LogP contribution in [0.25, 0.3) is 0 Å². The predicted octanol–water partition coefficient (Wildman–Crippen LogP) is 2.49. The monoisotopic (exact) mass is 359 g/mol. The van der Waals surface area contributed by atoms with Crippen molar-refractivity contribution in [1.82, 2.24) is 15.5 Å². The number of likely N-dealkylation sites (tertiary alicyclic amines) is 1. The van der Waals surface area contributed by atoms with E-state index in [9.17, 15) is 4.79 Å². The summed E-state index contributed by atoms with van der Waals surface area (Å²) in [6.07, 6.45) is 4.71. The molecule has 2 N–H and O–H groups in total. The van der Waals surface area contributed by atoms with Crippen LogP contribution in [0.1, 0.15) is 36.8 Å². The number of nitrogens with zero attached hydrogens (tertiary/aromatic N) is 1. The molecule has 1 amide bonds. The molecule has 1 aromatic rings. The van der Waals surface area contributed by atoms with Gasteiger partial charge in [0.1, 0.15) is 0 Å². The molecular weight excluding hydrogens is 333 g/mol. The minimum atomic E-state index is 0. The van der Waals surface area contributed by atoms with Crippen LogP contribution in [0, 0.1) is 0 Å². The Morgan fingerprint density at radius 2 is 1.91 bits per heavy atom. The molecule has 0 saturated carbocycles. The largest absolute Gasteiger partial charge is 0.351 e. The van der Waals surface area contributed by atoms with Gasteiger partial charge in [-0.1, -0.05) is 24.3 Å². The van der Waals surface area contributed by atoms with Crippen LogP contribution in [0.4, 0.5) is 0 Å². The zero-order chi connectivity index (χ0) is 14.5. The zero-order valence-electron chi connectivity index (χ0n) is 13.4. The highest BCUT2D eigenvalue weighted by molar-refractivity contribution is 5.85. The second-order valence-electron chi connectivity index (χ2n) is 6.17. The Bertz CT molecular complexity index is 486. The molecule has 130 valence electrons. The van der Waals surface area contributed by atoms with Gasteiger partial charge in [-0.25, -0.2) is 0 Å². The summed E-state index contributed by atoms with van der Waals surface area (Å²) in [5, 5.41) is 6.28. The summed E-state index contributed by atoms with van der Waals surface area (Å²) in [5.41, 5.74) is 2.54. The SMILES string of the molecule is Cl.Cl.O=C(NCc1cccc(CN2CCCC2)c1)[C@@H]1CCCN1. The van der Waals surface area contributed by atoms with Gasteiger partial charge in [-0.15, -0.1) is 24.8 Å². The average molecular weight is 360 g/mol. The molecule has 0 spiro atoms. The summed E-state index contributed by atoms with van der Waals surface area (Å²) in [6, 6.07) is 8.61. The van der Waals surface area contributed by atoms with Crippen LogP contribution in [0.5, 0.6) is 0 Å². The minimum Gasteiger partial charge on any atom is -0.351 e. The maximum absolute atomic E-state index is 12.0. The lowest BCUT2D eigenvalue weighted by atomic mass is 10.1. The highest BCUT2D eigenvalue weighted by Gasteiger charge is 2.21. The minimum absolute atomic E-state index is 0. The van der Waals surface area contributed by atoms with Crippen molar-refractivity contribution in [3.63, 3.8) is 0 Å². The molecule has 0 aromatic heterocycles. The van der Waals surface area contributed by atoms with Gasteiger partial charge >= 0.3 is 0 Å². The maximum Gasteiger partial charge on any atom is 0.237 e. The maximum atomic E-state index is 12.0. The first-order valence-corrected chi connectivity index (χ1v) is 8.12. The number of halogens is 2. The number of carbonyl (C=O) groups excluding carboxylic acids is 1. The number of amides is 1. The number of carbonyl (C=O) groups is 1. The molecule has 6 heteroatoms. The first-order chi connectivity index (χ1) is 10.3. The van der Waals surface area contributed by atoms with Crippen LogP contribution >= 0.6 is 24.8 Å². The average Bonchev–Trinajstić information content (AvgIpc) is 3.18. The second-order valence-corrected chi connectivity index (χ2v) is 6.17. The van der Waals surface area contributed by atoms with Crippen LogP contribution in [0.2, 0.25) is 0 Å². The van der Waals surface area contributed by atoms with Crippen LogP contribution in [0.3, 0.4) is 0 Å². The first-order valence-electron chi connectivity index (χ1n) is 8.12. The molecule has 3 rings (SSSR count). The summed E-state index contributed by atoms with van der Waals surface area (Å²) < 4.78 is 0. The first kappa shape index (κ1) is 20.2. The van der Waals surface area contributed by atoms with E-state index in [2.05, 4.69) is 39.8 Å². The molecular formula is C17H27Cl2N3O. The van der Waals surface area contributed by atoms with Gasteiger partial charge in [-0.2, -0.15) is 0 Å². The smallest absolute Gasteiger partial charge is 0.237 e. The van der Waals surface area contributed by atoms with Crippen molar-refractivity contribution in [3.8, 4) is 0 Å². The van der Waals surface area contributed by atoms with E-state index in [4.69, 9.17) is 0 Å². The van der Waals surface area contributed by atoms with Crippen LogP contribution in [0.15, 0.2) is 24.3 Å². The van der Waals surface area contributed by atoms with Crippen LogP contribution < -0.4 is 10.6 Å². The predicted molar refractivity (Wildman–Crippen MR) is 98.3 cm³/mol. The van der Waals surface area contributed by atoms with Gasteiger partial charge in [0.05, 0.1) is 6.04 Å². The summed E-state index contributed by atoms with van der Waals surface area (Å²) >= 11 is 0. The number of hydrogen-bond donors (Lipinski definition) is 2. The molecule has 2 aliphatic heterocycles. The van der Waals surface area contributed by atoms with Gasteiger partial charge < -0.3 is 10.6 Å². The van der Waals surface area contributed by atoms with Crippen LogP contribution in [-0.2, 0) is 17.9 Å². The van der Waals surface area contributed by atoms with Gasteiger partial charge in [0.15, 0.2) is 0 Å². The molecule has 2 saturated heterocycles. The Balaban J connectivity index is 0.00000132. The molecule has 1 atom stereocenters. The van der Waals surface area contributed by atoms with Crippen molar-refractivity contribution in [1.29, 1.82) is 0 Å². The van der Waals surface area contributed by atoms with E-state index in [-0.39, 0.29) is 36.8 Å².